The van der Waals surface area contributed by atoms with E-state index in [0.717, 1.165) is 0 Å². The molecule has 33 heavy (non-hydrogen) atoms. The first-order valence-corrected chi connectivity index (χ1v) is 11.7. The second-order valence-corrected chi connectivity index (χ2v) is 10.6. The van der Waals surface area contributed by atoms with E-state index in [1.165, 1.54) is 4.90 Å². The van der Waals surface area contributed by atoms with E-state index in [1.807, 2.05) is 34.6 Å². The highest BCUT2D eigenvalue weighted by atomic mass is 16.6. The fourth-order valence-corrected chi connectivity index (χ4v) is 6.03. The first-order chi connectivity index (χ1) is 15.4. The Bertz CT molecular complexity index is 835. The Morgan fingerprint density at radius 1 is 1.33 bits per heavy atom. The van der Waals surface area contributed by atoms with E-state index in [0.29, 0.717) is 19.4 Å². The molecule has 0 aromatic heterocycles. The summed E-state index contributed by atoms with van der Waals surface area (Å²) >= 11 is 0. The summed E-state index contributed by atoms with van der Waals surface area (Å²) in [6, 6.07) is -0.934. The number of aliphatic hydroxyl groups excluding tert-OH is 1. The molecule has 2 amide bonds. The molecule has 3 unspecified atom stereocenters. The van der Waals surface area contributed by atoms with Crippen LogP contribution >= 0.6 is 0 Å². The Balaban J connectivity index is 2.08. The van der Waals surface area contributed by atoms with Gasteiger partial charge in [0, 0.05) is 18.6 Å². The van der Waals surface area contributed by atoms with Crippen molar-refractivity contribution in [3.05, 3.63) is 25.3 Å². The maximum Gasteiger partial charge on any atom is 0.312 e. The number of rotatable bonds is 9. The van der Waals surface area contributed by atoms with E-state index in [2.05, 4.69) is 13.2 Å². The molecule has 0 saturated carbocycles. The molecule has 0 aromatic carbocycles. The molecule has 0 aromatic rings. The van der Waals surface area contributed by atoms with Crippen molar-refractivity contribution < 1.29 is 29.0 Å². The van der Waals surface area contributed by atoms with Gasteiger partial charge in [-0.15, -0.1) is 13.2 Å². The number of likely N-dealkylation sites (tertiary alicyclic amines) is 1. The van der Waals surface area contributed by atoms with E-state index in [1.54, 1.807) is 17.1 Å². The number of carbonyl (C=O) groups is 3. The van der Waals surface area contributed by atoms with Gasteiger partial charge in [-0.2, -0.15) is 0 Å². The van der Waals surface area contributed by atoms with Crippen LogP contribution < -0.4 is 0 Å². The van der Waals surface area contributed by atoms with Gasteiger partial charge in [-0.05, 0) is 46.5 Å². The summed E-state index contributed by atoms with van der Waals surface area (Å²) in [7, 11) is 0. The number of nitrogens with zero attached hydrogens (tertiary/aromatic N) is 2. The number of fused-ring (bicyclic) bond motifs is 1. The summed E-state index contributed by atoms with van der Waals surface area (Å²) in [5, 5.41) is 9.72. The molecule has 0 aliphatic carbocycles. The van der Waals surface area contributed by atoms with Gasteiger partial charge in [0.05, 0.1) is 24.7 Å². The number of aliphatic hydroxyl groups is 1. The van der Waals surface area contributed by atoms with Crippen LogP contribution in [0.15, 0.2) is 25.3 Å². The van der Waals surface area contributed by atoms with Crippen LogP contribution in [0.5, 0.6) is 0 Å². The zero-order chi connectivity index (χ0) is 24.8. The molecule has 3 rings (SSSR count). The van der Waals surface area contributed by atoms with E-state index >= 15 is 0 Å². The van der Waals surface area contributed by atoms with Crippen LogP contribution in [-0.2, 0) is 23.9 Å². The predicted molar refractivity (Wildman–Crippen MR) is 123 cm³/mol. The summed E-state index contributed by atoms with van der Waals surface area (Å²) < 4.78 is 12.1. The highest BCUT2D eigenvalue weighted by molar-refractivity contribution is 5.98. The van der Waals surface area contributed by atoms with Gasteiger partial charge in [-0.1, -0.05) is 19.1 Å². The third-order valence-corrected chi connectivity index (χ3v) is 7.60. The molecule has 3 aliphatic rings. The standard InChI is InChI=1S/C25H38N2O6/c1-8-10-14-32-22(31)18-17-20(29)26(12-13-28)19(21(30)27(11-9-2)23(4,5)6)25(17)15-16(3)24(18,7)33-25/h8-9,16-19,28H,1-2,10-15H2,3-7H3/t16?,17-,18+,19?,24-,25?/m0/s1. The van der Waals surface area contributed by atoms with Gasteiger partial charge in [0.25, 0.3) is 0 Å². The van der Waals surface area contributed by atoms with E-state index in [4.69, 9.17) is 9.47 Å². The van der Waals surface area contributed by atoms with E-state index in [-0.39, 0.29) is 37.5 Å². The van der Waals surface area contributed by atoms with E-state index in [9.17, 15) is 19.5 Å². The average molecular weight is 463 g/mol. The lowest BCUT2D eigenvalue weighted by atomic mass is 9.62. The van der Waals surface area contributed by atoms with Crippen molar-refractivity contribution in [1.29, 1.82) is 0 Å². The summed E-state index contributed by atoms with van der Waals surface area (Å²) in [6.07, 6.45) is 4.30. The number of β-amino-alcohol motifs (C(OH)–C–C–N with tert-alkyl or cyclic N) is 1. The van der Waals surface area contributed by atoms with Crippen LogP contribution in [-0.4, -0.2) is 81.8 Å². The number of ether oxygens (including phenoxy) is 2. The number of hydrogen-bond acceptors (Lipinski definition) is 6. The largest absolute Gasteiger partial charge is 0.465 e. The third kappa shape index (κ3) is 3.81. The van der Waals surface area contributed by atoms with Gasteiger partial charge in [0.15, 0.2) is 0 Å². The SMILES string of the molecule is C=CCCOC(=O)[C@H]1[C@H]2C(=O)N(CCO)C(C(=O)N(CC=C)C(C)(C)C)C23CC(C)[C@]1(C)O3. The molecule has 184 valence electrons. The van der Waals surface area contributed by atoms with Gasteiger partial charge in [-0.25, -0.2) is 0 Å². The molecule has 3 heterocycles. The lowest BCUT2D eigenvalue weighted by Crippen LogP contribution is -2.60. The zero-order valence-electron chi connectivity index (χ0n) is 20.5. The summed E-state index contributed by atoms with van der Waals surface area (Å²) in [6.45, 7) is 17.2. The Kier molecular flexibility index (Phi) is 6.84. The first kappa shape index (κ1) is 25.4. The van der Waals surface area contributed by atoms with Crippen LogP contribution in [0.3, 0.4) is 0 Å². The van der Waals surface area contributed by atoms with Crippen molar-refractivity contribution in [1.82, 2.24) is 9.80 Å². The molecular weight excluding hydrogens is 424 g/mol. The third-order valence-electron chi connectivity index (χ3n) is 7.60. The topological polar surface area (TPSA) is 96.4 Å². The number of carbonyl (C=O) groups excluding carboxylic acids is 3. The fourth-order valence-electron chi connectivity index (χ4n) is 6.03. The molecule has 3 saturated heterocycles. The molecule has 3 aliphatic heterocycles. The molecule has 2 bridgehead atoms. The van der Waals surface area contributed by atoms with Gasteiger partial charge in [0.1, 0.15) is 17.6 Å². The van der Waals surface area contributed by atoms with Crippen LogP contribution in [0, 0.1) is 17.8 Å². The minimum absolute atomic E-state index is 0.00769. The molecule has 0 radical (unpaired) electrons. The monoisotopic (exact) mass is 462 g/mol. The van der Waals surface area contributed by atoms with Gasteiger partial charge in [-0.3, -0.25) is 14.4 Å². The number of esters is 1. The molecular formula is C25H38N2O6. The molecule has 3 fully saturated rings. The van der Waals surface area contributed by atoms with Crippen LogP contribution in [0.2, 0.25) is 0 Å². The number of amides is 2. The maximum absolute atomic E-state index is 14.0. The van der Waals surface area contributed by atoms with Crippen LogP contribution in [0.4, 0.5) is 0 Å². The Hall–Kier alpha value is -2.19. The highest BCUT2D eigenvalue weighted by Crippen LogP contribution is 2.65. The summed E-state index contributed by atoms with van der Waals surface area (Å²) in [5.74, 6) is -2.80. The van der Waals surface area contributed by atoms with Crippen molar-refractivity contribution in [2.75, 3.05) is 26.3 Å². The van der Waals surface area contributed by atoms with Crippen LogP contribution in [0.1, 0.15) is 47.5 Å². The normalized spacial score (nSPS) is 34.8. The minimum atomic E-state index is -1.15. The molecule has 1 spiro atoms. The lowest BCUT2D eigenvalue weighted by molar-refractivity contribution is -0.163. The second kappa shape index (κ2) is 8.87. The zero-order valence-corrected chi connectivity index (χ0v) is 20.5. The Labute approximate surface area is 196 Å². The average Bonchev–Trinajstić information content (AvgIpc) is 3.23. The van der Waals surface area contributed by atoms with Crippen molar-refractivity contribution >= 4 is 17.8 Å². The van der Waals surface area contributed by atoms with Crippen molar-refractivity contribution in [2.45, 2.75) is 70.2 Å². The van der Waals surface area contributed by atoms with Gasteiger partial charge in [0.2, 0.25) is 11.8 Å². The Morgan fingerprint density at radius 3 is 2.55 bits per heavy atom. The lowest BCUT2D eigenvalue weighted by Gasteiger charge is -2.42. The number of hydrogen-bond donors (Lipinski definition) is 1. The molecule has 8 nitrogen and oxygen atoms in total. The second-order valence-electron chi connectivity index (χ2n) is 10.6. The quantitative estimate of drug-likeness (QED) is 0.320. The maximum atomic E-state index is 14.0. The molecule has 8 heteroatoms. The summed E-state index contributed by atoms with van der Waals surface area (Å²) in [5.41, 5.74) is -2.59. The highest BCUT2D eigenvalue weighted by Gasteiger charge is 2.80. The Morgan fingerprint density at radius 2 is 2.00 bits per heavy atom. The van der Waals surface area contributed by atoms with Gasteiger partial charge < -0.3 is 24.4 Å². The molecule has 6 atom stereocenters. The minimum Gasteiger partial charge on any atom is -0.465 e. The predicted octanol–water partition coefficient (Wildman–Crippen LogP) is 1.92. The van der Waals surface area contributed by atoms with Crippen molar-refractivity contribution in [3.8, 4) is 0 Å². The summed E-state index contributed by atoms with van der Waals surface area (Å²) in [4.78, 5) is 44.1. The smallest absolute Gasteiger partial charge is 0.312 e. The van der Waals surface area contributed by atoms with Crippen molar-refractivity contribution in [2.24, 2.45) is 17.8 Å². The first-order valence-electron chi connectivity index (χ1n) is 11.7. The fraction of sp³-hybridized carbons (Fsp3) is 0.720. The van der Waals surface area contributed by atoms with Crippen LogP contribution in [0.25, 0.3) is 0 Å². The van der Waals surface area contributed by atoms with Gasteiger partial charge >= 0.3 is 5.97 Å². The van der Waals surface area contributed by atoms with Crippen molar-refractivity contribution in [3.63, 3.8) is 0 Å². The molecule has 1 N–H and O–H groups in total. The van der Waals surface area contributed by atoms with E-state index < -0.39 is 40.6 Å².